The van der Waals surface area contributed by atoms with Gasteiger partial charge in [0.2, 0.25) is 0 Å². The first kappa shape index (κ1) is 14.6. The summed E-state index contributed by atoms with van der Waals surface area (Å²) in [6.45, 7) is 2.62. The van der Waals surface area contributed by atoms with E-state index in [4.69, 9.17) is 0 Å². The first-order chi connectivity index (χ1) is 9.18. The number of piperidine rings is 1. The van der Waals surface area contributed by atoms with Gasteiger partial charge in [-0.25, -0.2) is 4.79 Å². The van der Waals surface area contributed by atoms with E-state index in [9.17, 15) is 9.90 Å². The van der Waals surface area contributed by atoms with E-state index in [0.29, 0.717) is 19.0 Å². The lowest BCUT2D eigenvalue weighted by molar-refractivity contribution is 0.0194. The van der Waals surface area contributed by atoms with Crippen molar-refractivity contribution >= 4 is 6.03 Å². The Morgan fingerprint density at radius 1 is 1.21 bits per heavy atom. The maximum absolute atomic E-state index is 11.7. The van der Waals surface area contributed by atoms with Crippen LogP contribution in [0.2, 0.25) is 0 Å². The Hall–Kier alpha value is -0.810. The zero-order valence-electron chi connectivity index (χ0n) is 11.7. The molecule has 1 aliphatic carbocycles. The van der Waals surface area contributed by atoms with E-state index in [2.05, 4.69) is 16.0 Å². The smallest absolute Gasteiger partial charge is 0.314 e. The maximum atomic E-state index is 11.7. The molecule has 0 aromatic rings. The van der Waals surface area contributed by atoms with Crippen molar-refractivity contribution in [3.05, 3.63) is 0 Å². The summed E-state index contributed by atoms with van der Waals surface area (Å²) in [4.78, 5) is 11.7. The van der Waals surface area contributed by atoms with Gasteiger partial charge in [-0.2, -0.15) is 0 Å². The molecule has 110 valence electrons. The number of amides is 2. The van der Waals surface area contributed by atoms with E-state index in [1.807, 2.05) is 0 Å². The van der Waals surface area contributed by atoms with E-state index >= 15 is 0 Å². The number of rotatable bonds is 4. The molecule has 2 aliphatic rings. The number of hydrogen-bond donors (Lipinski definition) is 4. The quantitative estimate of drug-likeness (QED) is 0.615. The van der Waals surface area contributed by atoms with Crippen molar-refractivity contribution in [1.29, 1.82) is 0 Å². The van der Waals surface area contributed by atoms with Gasteiger partial charge in [0, 0.05) is 19.6 Å². The number of carbonyl (C=O) groups is 1. The lowest BCUT2D eigenvalue weighted by Gasteiger charge is -2.32. The maximum Gasteiger partial charge on any atom is 0.314 e. The predicted molar refractivity (Wildman–Crippen MR) is 75.0 cm³/mol. The van der Waals surface area contributed by atoms with E-state index in [0.717, 1.165) is 25.9 Å². The van der Waals surface area contributed by atoms with Crippen LogP contribution in [-0.2, 0) is 0 Å². The molecular weight excluding hydrogens is 242 g/mol. The summed E-state index contributed by atoms with van der Waals surface area (Å²) < 4.78 is 0. The summed E-state index contributed by atoms with van der Waals surface area (Å²) in [5.74, 6) is 0.638. The van der Waals surface area contributed by atoms with Crippen molar-refractivity contribution in [3.63, 3.8) is 0 Å². The van der Waals surface area contributed by atoms with E-state index < -0.39 is 5.60 Å². The van der Waals surface area contributed by atoms with Crippen LogP contribution in [0.25, 0.3) is 0 Å². The fourth-order valence-electron chi connectivity index (χ4n) is 3.04. The summed E-state index contributed by atoms with van der Waals surface area (Å²) in [6, 6.07) is -0.149. The number of urea groups is 1. The number of nitrogens with one attached hydrogen (secondary N) is 3. The molecule has 19 heavy (non-hydrogen) atoms. The lowest BCUT2D eigenvalue weighted by atomic mass is 9.89. The molecular formula is C14H27N3O2. The average molecular weight is 269 g/mol. The van der Waals surface area contributed by atoms with Gasteiger partial charge >= 0.3 is 6.03 Å². The number of carbonyl (C=O) groups excluding carboxylic acids is 1. The Kier molecular flexibility index (Phi) is 5.45. The molecule has 4 N–H and O–H groups in total. The lowest BCUT2D eigenvalue weighted by Crippen LogP contribution is -2.54. The Balaban J connectivity index is 1.61. The topological polar surface area (TPSA) is 73.4 Å². The van der Waals surface area contributed by atoms with Crippen molar-refractivity contribution in [3.8, 4) is 0 Å². The fraction of sp³-hybridized carbons (Fsp3) is 0.929. The highest BCUT2D eigenvalue weighted by Gasteiger charge is 2.29. The van der Waals surface area contributed by atoms with Crippen LogP contribution in [0.1, 0.15) is 44.9 Å². The van der Waals surface area contributed by atoms with Crippen molar-refractivity contribution in [2.75, 3.05) is 26.2 Å². The van der Waals surface area contributed by atoms with E-state index in [1.165, 1.54) is 32.1 Å². The molecule has 0 unspecified atom stereocenters. The molecule has 0 spiro atoms. The van der Waals surface area contributed by atoms with Gasteiger partial charge in [0.25, 0.3) is 0 Å². The molecule has 2 amide bonds. The van der Waals surface area contributed by atoms with Gasteiger partial charge in [-0.05, 0) is 38.1 Å². The van der Waals surface area contributed by atoms with Crippen molar-refractivity contribution < 1.29 is 9.90 Å². The van der Waals surface area contributed by atoms with Crippen LogP contribution in [0.4, 0.5) is 4.79 Å². The van der Waals surface area contributed by atoms with Gasteiger partial charge in [-0.3, -0.25) is 0 Å². The first-order valence-corrected chi connectivity index (χ1v) is 7.63. The van der Waals surface area contributed by atoms with Gasteiger partial charge in [-0.1, -0.05) is 19.3 Å². The summed E-state index contributed by atoms with van der Waals surface area (Å²) in [5.41, 5.74) is -0.777. The number of β-amino-alcohol motifs (C(OH)–C–C–N with tert-alkyl or cyclic N) is 1. The molecule has 1 aliphatic heterocycles. The van der Waals surface area contributed by atoms with Gasteiger partial charge in [0.15, 0.2) is 0 Å². The van der Waals surface area contributed by atoms with Crippen molar-refractivity contribution in [2.24, 2.45) is 5.92 Å². The molecule has 2 rings (SSSR count). The minimum absolute atomic E-state index is 0.149. The van der Waals surface area contributed by atoms with E-state index in [-0.39, 0.29) is 6.03 Å². The molecule has 5 heteroatoms. The van der Waals surface area contributed by atoms with Gasteiger partial charge < -0.3 is 21.1 Å². The van der Waals surface area contributed by atoms with Crippen LogP contribution in [0.15, 0.2) is 0 Å². The molecule has 2 fully saturated rings. The Labute approximate surface area is 115 Å². The second-order valence-corrected chi connectivity index (χ2v) is 6.07. The SMILES string of the molecule is O=C(NCC1CCCCC1)NC[C@@]1(O)CCCNC1. The largest absolute Gasteiger partial charge is 0.387 e. The third-order valence-electron chi connectivity index (χ3n) is 4.30. The fourth-order valence-corrected chi connectivity index (χ4v) is 3.04. The minimum Gasteiger partial charge on any atom is -0.387 e. The van der Waals surface area contributed by atoms with Crippen LogP contribution in [0.5, 0.6) is 0 Å². The highest BCUT2D eigenvalue weighted by Crippen LogP contribution is 2.22. The van der Waals surface area contributed by atoms with Crippen LogP contribution >= 0.6 is 0 Å². The zero-order valence-corrected chi connectivity index (χ0v) is 11.7. The normalized spacial score (nSPS) is 28.9. The predicted octanol–water partition coefficient (Wildman–Crippen LogP) is 0.980. The Morgan fingerprint density at radius 2 is 2.00 bits per heavy atom. The van der Waals surface area contributed by atoms with Crippen LogP contribution in [0, 0.1) is 5.92 Å². The number of hydrogen-bond acceptors (Lipinski definition) is 3. The second-order valence-electron chi connectivity index (χ2n) is 6.07. The molecule has 1 saturated heterocycles. The summed E-state index contributed by atoms with van der Waals surface area (Å²) in [6.07, 6.45) is 8.09. The van der Waals surface area contributed by atoms with Crippen LogP contribution in [0.3, 0.4) is 0 Å². The monoisotopic (exact) mass is 269 g/mol. The average Bonchev–Trinajstić information content (AvgIpc) is 2.45. The summed E-state index contributed by atoms with van der Waals surface area (Å²) in [5, 5.41) is 19.1. The summed E-state index contributed by atoms with van der Waals surface area (Å²) >= 11 is 0. The Bertz CT molecular complexity index is 284. The van der Waals surface area contributed by atoms with Gasteiger partial charge in [0.1, 0.15) is 0 Å². The number of aliphatic hydroxyl groups is 1. The van der Waals surface area contributed by atoms with Crippen LogP contribution < -0.4 is 16.0 Å². The molecule has 1 heterocycles. The summed E-state index contributed by atoms with van der Waals surface area (Å²) in [7, 11) is 0. The Morgan fingerprint density at radius 3 is 2.68 bits per heavy atom. The minimum atomic E-state index is -0.777. The van der Waals surface area contributed by atoms with Crippen molar-refractivity contribution in [1.82, 2.24) is 16.0 Å². The zero-order chi connectivity index (χ0) is 13.6. The highest BCUT2D eigenvalue weighted by molar-refractivity contribution is 5.73. The third kappa shape index (κ3) is 4.99. The molecule has 0 bridgehead atoms. The molecule has 0 aromatic carbocycles. The first-order valence-electron chi connectivity index (χ1n) is 7.63. The molecule has 1 atom stereocenters. The molecule has 0 aromatic heterocycles. The molecule has 0 radical (unpaired) electrons. The third-order valence-corrected chi connectivity index (χ3v) is 4.30. The van der Waals surface area contributed by atoms with Crippen LogP contribution in [-0.4, -0.2) is 42.9 Å². The van der Waals surface area contributed by atoms with Gasteiger partial charge in [0.05, 0.1) is 5.60 Å². The standard InChI is InChI=1S/C14H27N3O2/c18-13(16-9-12-5-2-1-3-6-12)17-11-14(19)7-4-8-15-10-14/h12,15,19H,1-11H2,(H2,16,17,18)/t14-/m1/s1. The highest BCUT2D eigenvalue weighted by atomic mass is 16.3. The van der Waals surface area contributed by atoms with Gasteiger partial charge in [-0.15, -0.1) is 0 Å². The molecule has 1 saturated carbocycles. The van der Waals surface area contributed by atoms with Crippen molar-refractivity contribution in [2.45, 2.75) is 50.5 Å². The second kappa shape index (κ2) is 7.10. The molecule has 5 nitrogen and oxygen atoms in total. The van der Waals surface area contributed by atoms with E-state index in [1.54, 1.807) is 0 Å².